The molecule has 12 heteroatoms. The molecule has 2 aliphatic rings. The highest BCUT2D eigenvalue weighted by atomic mass is 32.1. The van der Waals surface area contributed by atoms with Gasteiger partial charge in [-0.25, -0.2) is 19.3 Å². The molecule has 1 aliphatic heterocycles. The number of imidazole rings is 1. The Morgan fingerprint density at radius 3 is 2.79 bits per heavy atom. The lowest BCUT2D eigenvalue weighted by molar-refractivity contribution is -0.140. The van der Waals surface area contributed by atoms with Crippen molar-refractivity contribution in [3.05, 3.63) is 45.8 Å². The summed E-state index contributed by atoms with van der Waals surface area (Å²) in [5, 5.41) is 10.7. The Balaban J connectivity index is 1.48. The first-order valence-corrected chi connectivity index (χ1v) is 9.64. The zero-order valence-electron chi connectivity index (χ0n) is 14.6. The number of hydrogen-bond acceptors (Lipinski definition) is 6. The number of alkyl halides is 3. The van der Waals surface area contributed by atoms with Crippen LogP contribution in [0, 0.1) is 0 Å². The molecule has 1 saturated carbocycles. The van der Waals surface area contributed by atoms with Gasteiger partial charge in [0.05, 0.1) is 16.6 Å². The number of carbonyl (C=O) groups is 2. The van der Waals surface area contributed by atoms with Crippen LogP contribution in [0.5, 0.6) is 0 Å². The van der Waals surface area contributed by atoms with E-state index in [1.807, 2.05) is 0 Å². The Morgan fingerprint density at radius 2 is 2.07 bits per heavy atom. The van der Waals surface area contributed by atoms with Gasteiger partial charge in [0.15, 0.2) is 11.3 Å². The SMILES string of the molecule is O=C1NCC(c2cc([C@H]3C[C@@H]3c3nc(C(F)(F)F)cs3)c3nccn3n2)C(=O)N1. The summed E-state index contributed by atoms with van der Waals surface area (Å²) < 4.78 is 40.1. The number of hydrogen-bond donors (Lipinski definition) is 2. The largest absolute Gasteiger partial charge is 0.434 e. The van der Waals surface area contributed by atoms with Crippen LogP contribution in [0.15, 0.2) is 23.8 Å². The number of amides is 3. The molecule has 29 heavy (non-hydrogen) atoms. The summed E-state index contributed by atoms with van der Waals surface area (Å²) in [6.07, 6.45) is -0.604. The molecule has 0 radical (unpaired) electrons. The lowest BCUT2D eigenvalue weighted by Crippen LogP contribution is -2.51. The van der Waals surface area contributed by atoms with Gasteiger partial charge in [0.25, 0.3) is 0 Å². The first kappa shape index (κ1) is 18.0. The highest BCUT2D eigenvalue weighted by Crippen LogP contribution is 2.56. The predicted molar refractivity (Wildman–Crippen MR) is 94.5 cm³/mol. The summed E-state index contributed by atoms with van der Waals surface area (Å²) >= 11 is 1.00. The van der Waals surface area contributed by atoms with E-state index in [4.69, 9.17) is 0 Å². The highest BCUT2D eigenvalue weighted by Gasteiger charge is 2.45. The van der Waals surface area contributed by atoms with Crippen LogP contribution in [0.1, 0.15) is 46.1 Å². The average Bonchev–Trinajstić information content (AvgIpc) is 3.06. The van der Waals surface area contributed by atoms with E-state index in [1.165, 1.54) is 0 Å². The maximum atomic E-state index is 12.8. The fourth-order valence-electron chi connectivity index (χ4n) is 3.57. The molecule has 3 aromatic heterocycles. The topological polar surface area (TPSA) is 101 Å². The Morgan fingerprint density at radius 1 is 1.24 bits per heavy atom. The van der Waals surface area contributed by atoms with E-state index in [1.54, 1.807) is 23.0 Å². The molecule has 3 atom stereocenters. The van der Waals surface area contributed by atoms with Crippen LogP contribution in [-0.2, 0) is 11.0 Å². The summed E-state index contributed by atoms with van der Waals surface area (Å²) in [5.41, 5.74) is 0.982. The zero-order valence-corrected chi connectivity index (χ0v) is 15.4. The van der Waals surface area contributed by atoms with Gasteiger partial charge in [-0.1, -0.05) is 0 Å². The van der Waals surface area contributed by atoms with Crippen molar-refractivity contribution >= 4 is 28.9 Å². The molecule has 5 rings (SSSR count). The van der Waals surface area contributed by atoms with Crippen molar-refractivity contribution in [1.82, 2.24) is 30.2 Å². The van der Waals surface area contributed by atoms with Gasteiger partial charge in [-0.15, -0.1) is 11.3 Å². The second-order valence-corrected chi connectivity index (χ2v) is 7.88. The van der Waals surface area contributed by atoms with E-state index < -0.39 is 29.7 Å². The fraction of sp³-hybridized carbons (Fsp3) is 0.353. The second-order valence-electron chi connectivity index (χ2n) is 6.99. The molecule has 8 nitrogen and oxygen atoms in total. The average molecular weight is 422 g/mol. The number of carbonyl (C=O) groups excluding carboxylic acids is 2. The molecule has 150 valence electrons. The fourth-order valence-corrected chi connectivity index (χ4v) is 4.58. The summed E-state index contributed by atoms with van der Waals surface area (Å²) in [4.78, 5) is 31.6. The van der Waals surface area contributed by atoms with Gasteiger partial charge in [-0.3, -0.25) is 10.1 Å². The van der Waals surface area contributed by atoms with Gasteiger partial charge in [0.2, 0.25) is 5.91 Å². The first-order chi connectivity index (χ1) is 13.8. The number of urea groups is 1. The van der Waals surface area contributed by atoms with Crippen LogP contribution >= 0.6 is 11.3 Å². The Kier molecular flexibility index (Phi) is 3.88. The number of fused-ring (bicyclic) bond motifs is 1. The van der Waals surface area contributed by atoms with Gasteiger partial charge in [0.1, 0.15) is 0 Å². The number of nitrogens with one attached hydrogen (secondary N) is 2. The molecule has 2 fully saturated rings. The third-order valence-electron chi connectivity index (χ3n) is 5.10. The maximum absolute atomic E-state index is 12.8. The van der Waals surface area contributed by atoms with Crippen molar-refractivity contribution in [3.63, 3.8) is 0 Å². The van der Waals surface area contributed by atoms with E-state index in [0.29, 0.717) is 22.8 Å². The van der Waals surface area contributed by atoms with Crippen molar-refractivity contribution in [2.75, 3.05) is 6.54 Å². The smallest absolute Gasteiger partial charge is 0.337 e. The molecule has 1 saturated heterocycles. The Hall–Kier alpha value is -3.02. The molecule has 2 N–H and O–H groups in total. The van der Waals surface area contributed by atoms with Crippen molar-refractivity contribution in [1.29, 1.82) is 0 Å². The van der Waals surface area contributed by atoms with E-state index in [-0.39, 0.29) is 18.4 Å². The number of rotatable bonds is 3. The number of aromatic nitrogens is 4. The first-order valence-electron chi connectivity index (χ1n) is 8.77. The lowest BCUT2D eigenvalue weighted by Gasteiger charge is -2.22. The zero-order chi connectivity index (χ0) is 20.3. The molecule has 1 aliphatic carbocycles. The van der Waals surface area contributed by atoms with Gasteiger partial charge in [0, 0.05) is 35.8 Å². The summed E-state index contributed by atoms with van der Waals surface area (Å²) in [5.74, 6) is -1.30. The monoisotopic (exact) mass is 422 g/mol. The number of nitrogens with zero attached hydrogens (tertiary/aromatic N) is 4. The second kappa shape index (κ2) is 6.24. The quantitative estimate of drug-likeness (QED) is 0.675. The van der Waals surface area contributed by atoms with Crippen molar-refractivity contribution in [2.45, 2.75) is 30.4 Å². The minimum absolute atomic E-state index is 0.0601. The minimum atomic E-state index is -4.46. The molecule has 4 heterocycles. The summed E-state index contributed by atoms with van der Waals surface area (Å²) in [6, 6.07) is 1.20. The van der Waals surface area contributed by atoms with Crippen molar-refractivity contribution < 1.29 is 22.8 Å². The van der Waals surface area contributed by atoms with Crippen LogP contribution in [0.4, 0.5) is 18.0 Å². The maximum Gasteiger partial charge on any atom is 0.434 e. The Bertz CT molecular complexity index is 1140. The van der Waals surface area contributed by atoms with Gasteiger partial charge in [-0.05, 0) is 18.4 Å². The Labute approximate surface area is 165 Å². The number of thiazole rings is 1. The standard InChI is InChI=1S/C17H13F3N6O2S/c18-17(19,20)12-6-29-15(23-12)9-3-7(9)8-4-11(25-26-2-1-21-13(8)26)10-5-22-16(28)24-14(10)27/h1-2,4,6-7,9-10H,3,5H2,(H2,22,24,27,28)/t7-,9+,10?/m1/s1. The van der Waals surface area contributed by atoms with Crippen LogP contribution in [0.2, 0.25) is 0 Å². The van der Waals surface area contributed by atoms with Crippen LogP contribution in [0.25, 0.3) is 5.65 Å². The van der Waals surface area contributed by atoms with E-state index in [9.17, 15) is 22.8 Å². The normalized spacial score (nSPS) is 24.4. The molecule has 3 aromatic rings. The van der Waals surface area contributed by atoms with Crippen LogP contribution < -0.4 is 10.6 Å². The highest BCUT2D eigenvalue weighted by molar-refractivity contribution is 7.09. The molecule has 3 amide bonds. The van der Waals surface area contributed by atoms with Crippen molar-refractivity contribution in [3.8, 4) is 0 Å². The molecule has 0 spiro atoms. The van der Waals surface area contributed by atoms with Gasteiger partial charge < -0.3 is 5.32 Å². The van der Waals surface area contributed by atoms with Crippen LogP contribution in [-0.4, -0.2) is 38.1 Å². The van der Waals surface area contributed by atoms with Crippen LogP contribution in [0.3, 0.4) is 0 Å². The number of halogens is 3. The number of imide groups is 1. The predicted octanol–water partition coefficient (Wildman–Crippen LogP) is 2.40. The van der Waals surface area contributed by atoms with E-state index in [0.717, 1.165) is 22.3 Å². The third-order valence-corrected chi connectivity index (χ3v) is 6.08. The summed E-state index contributed by atoms with van der Waals surface area (Å²) in [6.45, 7) is 0.118. The van der Waals surface area contributed by atoms with E-state index in [2.05, 4.69) is 25.7 Å². The molecule has 0 bridgehead atoms. The minimum Gasteiger partial charge on any atom is -0.337 e. The van der Waals surface area contributed by atoms with Gasteiger partial charge in [-0.2, -0.15) is 18.3 Å². The van der Waals surface area contributed by atoms with Gasteiger partial charge >= 0.3 is 12.2 Å². The van der Waals surface area contributed by atoms with Crippen molar-refractivity contribution in [2.24, 2.45) is 0 Å². The molecular weight excluding hydrogens is 409 g/mol. The lowest BCUT2D eigenvalue weighted by atomic mass is 10.00. The molecular formula is C17H13F3N6O2S. The van der Waals surface area contributed by atoms with E-state index >= 15 is 0 Å². The summed E-state index contributed by atoms with van der Waals surface area (Å²) in [7, 11) is 0. The molecule has 0 aromatic carbocycles. The molecule has 1 unspecified atom stereocenters. The third kappa shape index (κ3) is 3.12.